The molecule has 0 amide bonds. The van der Waals surface area contributed by atoms with Crippen molar-refractivity contribution in [1.29, 1.82) is 0 Å². The lowest BCUT2D eigenvalue weighted by Gasteiger charge is -2.42. The van der Waals surface area contributed by atoms with Gasteiger partial charge in [-0.15, -0.1) is 0 Å². The summed E-state index contributed by atoms with van der Waals surface area (Å²) < 4.78 is 8.29. The van der Waals surface area contributed by atoms with Crippen molar-refractivity contribution in [2.75, 3.05) is 25.4 Å². The lowest BCUT2D eigenvalue weighted by atomic mass is 9.79. The van der Waals surface area contributed by atoms with Crippen LogP contribution in [0, 0.1) is 5.92 Å². The lowest BCUT2D eigenvalue weighted by molar-refractivity contribution is 0.0921. The molecule has 4 heterocycles. The second kappa shape index (κ2) is 8.60. The van der Waals surface area contributed by atoms with Gasteiger partial charge in [-0.1, -0.05) is 30.3 Å². The Labute approximate surface area is 209 Å². The van der Waals surface area contributed by atoms with Crippen LogP contribution in [0.1, 0.15) is 25.3 Å². The molecule has 2 N–H and O–H groups in total. The topological polar surface area (TPSA) is 82.1 Å². The van der Waals surface area contributed by atoms with Crippen LogP contribution in [0.2, 0.25) is 0 Å². The zero-order chi connectivity index (χ0) is 24.1. The average Bonchev–Trinajstić information content (AvgIpc) is 3.23. The van der Waals surface area contributed by atoms with Crippen LogP contribution >= 0.6 is 0 Å². The van der Waals surface area contributed by atoms with Crippen molar-refractivity contribution in [3.63, 3.8) is 0 Å². The predicted molar refractivity (Wildman–Crippen MR) is 142 cm³/mol. The lowest BCUT2D eigenvalue weighted by Crippen LogP contribution is -2.43. The summed E-state index contributed by atoms with van der Waals surface area (Å²) in [5, 5.41) is 1.97. The highest BCUT2D eigenvalue weighted by Crippen LogP contribution is 2.43. The van der Waals surface area contributed by atoms with Crippen molar-refractivity contribution < 1.29 is 4.74 Å². The molecule has 2 fully saturated rings. The number of nitrogens with two attached hydrogens (primary N) is 1. The number of aromatic nitrogens is 4. The van der Waals surface area contributed by atoms with Gasteiger partial charge in [-0.3, -0.25) is 0 Å². The molecule has 0 unspecified atom stereocenters. The second-order valence-electron chi connectivity index (χ2n) is 10.0. The Hall–Kier alpha value is -3.97. The van der Waals surface area contributed by atoms with E-state index in [9.17, 15) is 0 Å². The fourth-order valence-electron chi connectivity index (χ4n) is 5.54. The molecule has 0 atom stereocenters. The summed E-state index contributed by atoms with van der Waals surface area (Å²) in [4.78, 5) is 16.3. The summed E-state index contributed by atoms with van der Waals surface area (Å²) in [6.07, 6.45) is 7.50. The SMILES string of the molecule is Nc1ncnc2c1c(-c1ccc3ccc(Oc4ccccc4)nc3c1)cn2C1CC(CN2CCC2)C1. The van der Waals surface area contributed by atoms with Gasteiger partial charge >= 0.3 is 0 Å². The van der Waals surface area contributed by atoms with E-state index in [1.165, 1.54) is 38.9 Å². The van der Waals surface area contributed by atoms with Crippen molar-refractivity contribution >= 4 is 27.8 Å². The Morgan fingerprint density at radius 1 is 0.972 bits per heavy atom. The molecular formula is C29H28N6O. The summed E-state index contributed by atoms with van der Waals surface area (Å²) in [6, 6.07) is 20.4. The van der Waals surface area contributed by atoms with Crippen LogP contribution in [-0.4, -0.2) is 44.1 Å². The average molecular weight is 477 g/mol. The van der Waals surface area contributed by atoms with Crippen LogP contribution in [0.15, 0.2) is 73.2 Å². The quantitative estimate of drug-likeness (QED) is 0.340. The number of likely N-dealkylation sites (tertiary alicyclic amines) is 1. The molecule has 180 valence electrons. The van der Waals surface area contributed by atoms with E-state index in [1.54, 1.807) is 6.33 Å². The Morgan fingerprint density at radius 3 is 2.61 bits per heavy atom. The molecule has 1 saturated carbocycles. The number of rotatable bonds is 6. The maximum absolute atomic E-state index is 6.40. The van der Waals surface area contributed by atoms with Crippen LogP contribution < -0.4 is 10.5 Å². The van der Waals surface area contributed by atoms with Gasteiger partial charge in [0.25, 0.3) is 0 Å². The Balaban J connectivity index is 1.23. The third-order valence-corrected chi connectivity index (χ3v) is 7.65. The van der Waals surface area contributed by atoms with Gasteiger partial charge in [0.05, 0.1) is 10.9 Å². The van der Waals surface area contributed by atoms with E-state index < -0.39 is 0 Å². The Morgan fingerprint density at radius 2 is 1.81 bits per heavy atom. The first kappa shape index (κ1) is 21.3. The maximum Gasteiger partial charge on any atom is 0.219 e. The summed E-state index contributed by atoms with van der Waals surface area (Å²) in [6.45, 7) is 3.74. The zero-order valence-corrected chi connectivity index (χ0v) is 20.0. The zero-order valence-electron chi connectivity index (χ0n) is 20.0. The van der Waals surface area contributed by atoms with E-state index in [2.05, 4.69) is 43.8 Å². The smallest absolute Gasteiger partial charge is 0.219 e. The molecule has 1 aliphatic carbocycles. The minimum Gasteiger partial charge on any atom is -0.439 e. The molecule has 36 heavy (non-hydrogen) atoms. The van der Waals surface area contributed by atoms with Crippen LogP contribution in [-0.2, 0) is 0 Å². The number of pyridine rings is 1. The van der Waals surface area contributed by atoms with Gasteiger partial charge < -0.3 is 19.9 Å². The Kier molecular flexibility index (Phi) is 5.10. The molecule has 0 bridgehead atoms. The molecule has 7 rings (SSSR count). The molecule has 0 radical (unpaired) electrons. The number of nitrogen functional groups attached to an aromatic ring is 1. The van der Waals surface area contributed by atoms with Crippen LogP contribution in [0.3, 0.4) is 0 Å². The molecule has 7 nitrogen and oxygen atoms in total. The van der Waals surface area contributed by atoms with Gasteiger partial charge in [-0.25, -0.2) is 15.0 Å². The fourth-order valence-corrected chi connectivity index (χ4v) is 5.54. The Bertz CT molecular complexity index is 1550. The summed E-state index contributed by atoms with van der Waals surface area (Å²) in [5.74, 6) is 2.61. The first-order valence-corrected chi connectivity index (χ1v) is 12.7. The van der Waals surface area contributed by atoms with Gasteiger partial charge in [0.15, 0.2) is 0 Å². The normalized spacial score (nSPS) is 19.8. The number of hydrogen-bond acceptors (Lipinski definition) is 6. The first-order valence-electron chi connectivity index (χ1n) is 12.7. The van der Waals surface area contributed by atoms with Crippen LogP contribution in [0.25, 0.3) is 33.1 Å². The van der Waals surface area contributed by atoms with Crippen LogP contribution in [0.4, 0.5) is 5.82 Å². The number of ether oxygens (including phenoxy) is 1. The van der Waals surface area contributed by atoms with Gasteiger partial charge in [0.2, 0.25) is 5.88 Å². The molecule has 1 saturated heterocycles. The van der Waals surface area contributed by atoms with E-state index in [-0.39, 0.29) is 0 Å². The molecule has 0 spiro atoms. The number of anilines is 1. The highest BCUT2D eigenvalue weighted by molar-refractivity contribution is 6.02. The monoisotopic (exact) mass is 476 g/mol. The highest BCUT2D eigenvalue weighted by atomic mass is 16.5. The highest BCUT2D eigenvalue weighted by Gasteiger charge is 2.34. The molecule has 3 aromatic heterocycles. The van der Waals surface area contributed by atoms with Crippen molar-refractivity contribution in [1.82, 2.24) is 24.4 Å². The van der Waals surface area contributed by atoms with Gasteiger partial charge in [0, 0.05) is 35.8 Å². The number of hydrogen-bond donors (Lipinski definition) is 1. The molecule has 2 aromatic carbocycles. The summed E-state index contributed by atoms with van der Waals surface area (Å²) >= 11 is 0. The summed E-state index contributed by atoms with van der Waals surface area (Å²) in [7, 11) is 0. The van der Waals surface area contributed by atoms with Crippen LogP contribution in [0.5, 0.6) is 11.6 Å². The number of para-hydroxylation sites is 1. The van der Waals surface area contributed by atoms with Crippen molar-refractivity contribution in [3.05, 3.63) is 73.2 Å². The predicted octanol–water partition coefficient (Wildman–Crippen LogP) is 5.68. The van der Waals surface area contributed by atoms with Gasteiger partial charge in [-0.05, 0) is 68.1 Å². The second-order valence-corrected chi connectivity index (χ2v) is 10.0. The van der Waals surface area contributed by atoms with E-state index in [0.717, 1.165) is 44.7 Å². The van der Waals surface area contributed by atoms with Crippen molar-refractivity contribution in [3.8, 4) is 22.8 Å². The first-order chi connectivity index (χ1) is 17.7. The van der Waals surface area contributed by atoms with Gasteiger partial charge in [0.1, 0.15) is 23.5 Å². The van der Waals surface area contributed by atoms with E-state index in [4.69, 9.17) is 15.5 Å². The number of fused-ring (bicyclic) bond motifs is 2. The third kappa shape index (κ3) is 3.76. The van der Waals surface area contributed by atoms with Crippen molar-refractivity contribution in [2.24, 2.45) is 5.92 Å². The van der Waals surface area contributed by atoms with E-state index in [0.29, 0.717) is 17.7 Å². The van der Waals surface area contributed by atoms with Crippen molar-refractivity contribution in [2.45, 2.75) is 25.3 Å². The molecule has 5 aromatic rings. The summed E-state index contributed by atoms with van der Waals surface area (Å²) in [5.41, 5.74) is 10.3. The fraction of sp³-hybridized carbons (Fsp3) is 0.276. The standard InChI is InChI=1S/C29H28N6O/c30-28-27-24(17-35(29(27)32-18-31-28)22-13-19(14-22)16-34-11-4-12-34)21-8-7-20-9-10-26(33-25(20)15-21)36-23-5-2-1-3-6-23/h1-3,5-10,15,17-19,22H,4,11-14,16H2,(H2,30,31,32). The van der Waals surface area contributed by atoms with E-state index in [1.807, 2.05) is 42.5 Å². The maximum atomic E-state index is 6.40. The van der Waals surface area contributed by atoms with E-state index >= 15 is 0 Å². The number of nitrogens with zero attached hydrogens (tertiary/aromatic N) is 5. The number of benzene rings is 2. The third-order valence-electron chi connectivity index (χ3n) is 7.65. The minimum absolute atomic E-state index is 0.450. The van der Waals surface area contributed by atoms with Gasteiger partial charge in [-0.2, -0.15) is 0 Å². The minimum atomic E-state index is 0.450. The molecular weight excluding hydrogens is 448 g/mol. The molecule has 7 heteroatoms. The molecule has 2 aliphatic rings. The largest absolute Gasteiger partial charge is 0.439 e. The molecule has 1 aliphatic heterocycles.